The van der Waals surface area contributed by atoms with Gasteiger partial charge in [0, 0.05) is 75.2 Å². The zero-order valence-electron chi connectivity index (χ0n) is 18.3. The Bertz CT molecular complexity index is 1100. The van der Waals surface area contributed by atoms with E-state index in [1.54, 1.807) is 24.5 Å². The molecule has 1 saturated heterocycles. The summed E-state index contributed by atoms with van der Waals surface area (Å²) in [6.45, 7) is 4.59. The predicted molar refractivity (Wildman–Crippen MR) is 124 cm³/mol. The molecule has 0 aliphatic carbocycles. The van der Waals surface area contributed by atoms with Crippen LogP contribution in [0.5, 0.6) is 0 Å². The molecule has 10 heteroatoms. The van der Waals surface area contributed by atoms with Crippen molar-refractivity contribution in [3.05, 3.63) is 84.7 Å². The Morgan fingerprint density at radius 3 is 2.12 bits per heavy atom. The minimum absolute atomic E-state index is 0.224. The van der Waals surface area contributed by atoms with Gasteiger partial charge in [0.25, 0.3) is 0 Å². The molecule has 0 saturated carbocycles. The quantitative estimate of drug-likeness (QED) is 0.530. The van der Waals surface area contributed by atoms with Crippen molar-refractivity contribution >= 4 is 17.9 Å². The van der Waals surface area contributed by atoms with Gasteiger partial charge in [-0.1, -0.05) is 12.1 Å². The molecule has 2 N–H and O–H groups in total. The van der Waals surface area contributed by atoms with Gasteiger partial charge >= 0.3 is 11.9 Å². The standard InChI is InChI=1S/C20H20FN5.C4H4O4/c21-19-4-2-17(3-5-19)18-12-16(13-22-14-18)15-25-8-10-26(11-9-25)20-23-6-1-7-24-20;5-3(6)1-2-4(7)8/h1-7,12-14H,8-11,15H2;1-2H,(H,5,6)(H,7,8)/b;2-1-. The van der Waals surface area contributed by atoms with Crippen LogP contribution in [-0.4, -0.2) is 68.2 Å². The van der Waals surface area contributed by atoms with Gasteiger partial charge < -0.3 is 15.1 Å². The van der Waals surface area contributed by atoms with Crippen molar-refractivity contribution < 1.29 is 24.2 Å². The zero-order valence-corrected chi connectivity index (χ0v) is 18.3. The Morgan fingerprint density at radius 2 is 1.53 bits per heavy atom. The molecule has 1 aliphatic rings. The molecule has 0 atom stereocenters. The molecular weight excluding hydrogens is 441 g/mol. The number of nitrogens with zero attached hydrogens (tertiary/aromatic N) is 5. The Balaban J connectivity index is 0.000000350. The van der Waals surface area contributed by atoms with Crippen LogP contribution in [0.3, 0.4) is 0 Å². The maximum absolute atomic E-state index is 13.1. The molecule has 176 valence electrons. The molecule has 1 fully saturated rings. The van der Waals surface area contributed by atoms with Gasteiger partial charge in [0.15, 0.2) is 0 Å². The predicted octanol–water partition coefficient (Wildman–Crippen LogP) is 2.71. The van der Waals surface area contributed by atoms with Crippen LogP contribution < -0.4 is 4.90 Å². The molecule has 1 aromatic carbocycles. The SMILES string of the molecule is Fc1ccc(-c2cncc(CN3CCN(c4ncccn4)CC3)c2)cc1.O=C(O)/C=C\C(=O)O. The van der Waals surface area contributed by atoms with Crippen LogP contribution in [0, 0.1) is 5.82 Å². The van der Waals surface area contributed by atoms with Crippen molar-refractivity contribution in [3.8, 4) is 11.1 Å². The summed E-state index contributed by atoms with van der Waals surface area (Å²) in [6, 6.07) is 10.5. The maximum Gasteiger partial charge on any atom is 0.328 e. The third-order valence-corrected chi connectivity index (χ3v) is 4.95. The molecule has 0 spiro atoms. The van der Waals surface area contributed by atoms with Crippen LogP contribution in [0.1, 0.15) is 5.56 Å². The third-order valence-electron chi connectivity index (χ3n) is 4.95. The summed E-state index contributed by atoms with van der Waals surface area (Å²) < 4.78 is 13.1. The van der Waals surface area contributed by atoms with Gasteiger partial charge in [-0.25, -0.2) is 23.9 Å². The van der Waals surface area contributed by atoms with E-state index in [9.17, 15) is 14.0 Å². The van der Waals surface area contributed by atoms with Gasteiger partial charge in [0.1, 0.15) is 5.82 Å². The number of halogens is 1. The van der Waals surface area contributed by atoms with Gasteiger partial charge in [-0.05, 0) is 35.4 Å². The summed E-state index contributed by atoms with van der Waals surface area (Å²) in [7, 11) is 0. The monoisotopic (exact) mass is 465 g/mol. The zero-order chi connectivity index (χ0) is 24.3. The maximum atomic E-state index is 13.1. The highest BCUT2D eigenvalue weighted by Crippen LogP contribution is 2.21. The third kappa shape index (κ3) is 7.75. The average molecular weight is 465 g/mol. The van der Waals surface area contributed by atoms with Gasteiger partial charge in [0.05, 0.1) is 0 Å². The number of carboxylic acid groups (broad SMARTS) is 2. The van der Waals surface area contributed by atoms with Crippen LogP contribution in [-0.2, 0) is 16.1 Å². The first-order valence-corrected chi connectivity index (χ1v) is 10.5. The number of piperazine rings is 1. The van der Waals surface area contributed by atoms with E-state index in [0.29, 0.717) is 12.2 Å². The number of pyridine rings is 1. The highest BCUT2D eigenvalue weighted by Gasteiger charge is 2.19. The number of anilines is 1. The first-order valence-electron chi connectivity index (χ1n) is 10.5. The smallest absolute Gasteiger partial charge is 0.328 e. The Morgan fingerprint density at radius 1 is 0.912 bits per heavy atom. The Labute approximate surface area is 195 Å². The van der Waals surface area contributed by atoms with Gasteiger partial charge in [-0.2, -0.15) is 0 Å². The highest BCUT2D eigenvalue weighted by molar-refractivity contribution is 5.89. The summed E-state index contributed by atoms with van der Waals surface area (Å²) in [4.78, 5) is 36.7. The van der Waals surface area contributed by atoms with Crippen molar-refractivity contribution in [1.29, 1.82) is 0 Å². The van der Waals surface area contributed by atoms with Gasteiger partial charge in [-0.15, -0.1) is 0 Å². The Kier molecular flexibility index (Phi) is 8.75. The second-order valence-electron chi connectivity index (χ2n) is 7.41. The molecule has 34 heavy (non-hydrogen) atoms. The van der Waals surface area contributed by atoms with E-state index in [0.717, 1.165) is 55.4 Å². The van der Waals surface area contributed by atoms with E-state index in [4.69, 9.17) is 10.2 Å². The van der Waals surface area contributed by atoms with Crippen molar-refractivity contribution in [3.63, 3.8) is 0 Å². The number of hydrogen-bond acceptors (Lipinski definition) is 7. The Hall–Kier alpha value is -4.18. The molecule has 0 bridgehead atoms. The van der Waals surface area contributed by atoms with Gasteiger partial charge in [0.2, 0.25) is 5.95 Å². The first kappa shape index (κ1) is 24.5. The number of carboxylic acids is 2. The van der Waals surface area contributed by atoms with Crippen molar-refractivity contribution in [2.45, 2.75) is 6.54 Å². The van der Waals surface area contributed by atoms with E-state index in [2.05, 4.69) is 30.8 Å². The molecule has 1 aliphatic heterocycles. The minimum atomic E-state index is -1.26. The van der Waals surface area contributed by atoms with Crippen LogP contribution in [0.2, 0.25) is 0 Å². The molecule has 9 nitrogen and oxygen atoms in total. The largest absolute Gasteiger partial charge is 0.478 e. The average Bonchev–Trinajstić information content (AvgIpc) is 2.85. The fourth-order valence-corrected chi connectivity index (χ4v) is 3.34. The number of aliphatic carboxylic acids is 2. The molecule has 0 radical (unpaired) electrons. The number of carbonyl (C=O) groups is 2. The topological polar surface area (TPSA) is 120 Å². The molecule has 4 rings (SSSR count). The van der Waals surface area contributed by atoms with Gasteiger partial charge in [-0.3, -0.25) is 9.88 Å². The molecule has 3 aromatic rings. The summed E-state index contributed by atoms with van der Waals surface area (Å²) in [6.07, 6.45) is 8.40. The van der Waals surface area contributed by atoms with Crippen molar-refractivity contribution in [2.24, 2.45) is 0 Å². The lowest BCUT2D eigenvalue weighted by molar-refractivity contribution is -0.134. The summed E-state index contributed by atoms with van der Waals surface area (Å²) in [5, 5.41) is 15.6. The fraction of sp³-hybridized carbons (Fsp3) is 0.208. The van der Waals surface area contributed by atoms with Crippen molar-refractivity contribution in [1.82, 2.24) is 19.9 Å². The fourth-order valence-electron chi connectivity index (χ4n) is 3.34. The van der Waals surface area contributed by atoms with E-state index in [1.807, 2.05) is 18.5 Å². The number of aromatic nitrogens is 3. The summed E-state index contributed by atoms with van der Waals surface area (Å²) >= 11 is 0. The van der Waals surface area contributed by atoms with E-state index in [-0.39, 0.29) is 5.82 Å². The lowest BCUT2D eigenvalue weighted by Gasteiger charge is -2.34. The van der Waals surface area contributed by atoms with Crippen LogP contribution in [0.25, 0.3) is 11.1 Å². The molecule has 2 aromatic heterocycles. The van der Waals surface area contributed by atoms with Crippen molar-refractivity contribution in [2.75, 3.05) is 31.1 Å². The lowest BCUT2D eigenvalue weighted by Crippen LogP contribution is -2.46. The van der Waals surface area contributed by atoms with E-state index >= 15 is 0 Å². The van der Waals surface area contributed by atoms with Crippen LogP contribution in [0.15, 0.2) is 73.3 Å². The summed E-state index contributed by atoms with van der Waals surface area (Å²) in [5.41, 5.74) is 3.15. The second kappa shape index (κ2) is 12.2. The molecular formula is C24H24FN5O4. The molecule has 3 heterocycles. The summed E-state index contributed by atoms with van der Waals surface area (Å²) in [5.74, 6) is -1.94. The number of hydrogen-bond donors (Lipinski definition) is 2. The highest BCUT2D eigenvalue weighted by atomic mass is 19.1. The minimum Gasteiger partial charge on any atom is -0.478 e. The van der Waals surface area contributed by atoms with E-state index in [1.165, 1.54) is 12.1 Å². The number of benzene rings is 1. The second-order valence-corrected chi connectivity index (χ2v) is 7.41. The van der Waals surface area contributed by atoms with Crippen LogP contribution >= 0.6 is 0 Å². The molecule has 0 amide bonds. The number of rotatable bonds is 6. The first-order chi connectivity index (χ1) is 16.4. The van der Waals surface area contributed by atoms with Crippen LogP contribution in [0.4, 0.5) is 10.3 Å². The lowest BCUT2D eigenvalue weighted by atomic mass is 10.1. The van der Waals surface area contributed by atoms with E-state index < -0.39 is 11.9 Å². The normalized spacial score (nSPS) is 13.9. The molecule has 0 unspecified atom stereocenters.